The third-order valence-electron chi connectivity index (χ3n) is 2.88. The van der Waals surface area contributed by atoms with Crippen LogP contribution < -0.4 is 5.32 Å². The largest absolute Gasteiger partial charge is 0.334 e. The fourth-order valence-corrected chi connectivity index (χ4v) is 3.20. The SMILES string of the molecule is Cc1cccc(NC2=NC(C(C)C)CS2)c1Br. The van der Waals surface area contributed by atoms with E-state index in [-0.39, 0.29) is 0 Å². The van der Waals surface area contributed by atoms with Crippen molar-refractivity contribution < 1.29 is 0 Å². The quantitative estimate of drug-likeness (QED) is 0.880. The van der Waals surface area contributed by atoms with Crippen molar-refractivity contribution in [2.24, 2.45) is 10.9 Å². The number of nitrogens with one attached hydrogen (secondary N) is 1. The predicted octanol–water partition coefficient (Wildman–Crippen LogP) is 4.30. The Bertz CT molecular complexity index is 443. The van der Waals surface area contributed by atoms with E-state index in [9.17, 15) is 0 Å². The van der Waals surface area contributed by atoms with Crippen molar-refractivity contribution in [3.8, 4) is 0 Å². The Labute approximate surface area is 115 Å². The van der Waals surface area contributed by atoms with Gasteiger partial charge in [0.15, 0.2) is 5.17 Å². The van der Waals surface area contributed by atoms with E-state index in [1.807, 2.05) is 0 Å². The van der Waals surface area contributed by atoms with Crippen LogP contribution >= 0.6 is 27.7 Å². The zero-order valence-electron chi connectivity index (χ0n) is 10.3. The fraction of sp³-hybridized carbons (Fsp3) is 0.462. The molecule has 17 heavy (non-hydrogen) atoms. The molecule has 0 radical (unpaired) electrons. The van der Waals surface area contributed by atoms with Gasteiger partial charge in [-0.05, 0) is 40.4 Å². The number of thioether (sulfide) groups is 1. The van der Waals surface area contributed by atoms with Crippen LogP contribution in [0.2, 0.25) is 0 Å². The van der Waals surface area contributed by atoms with Crippen LogP contribution in [0.1, 0.15) is 19.4 Å². The molecule has 1 unspecified atom stereocenters. The van der Waals surface area contributed by atoms with Gasteiger partial charge in [-0.15, -0.1) is 0 Å². The molecular weight excluding hydrogens is 296 g/mol. The lowest BCUT2D eigenvalue weighted by Crippen LogP contribution is -2.12. The van der Waals surface area contributed by atoms with Gasteiger partial charge >= 0.3 is 0 Å². The van der Waals surface area contributed by atoms with Gasteiger partial charge in [-0.25, -0.2) is 0 Å². The molecule has 0 aliphatic carbocycles. The van der Waals surface area contributed by atoms with E-state index in [0.717, 1.165) is 21.1 Å². The van der Waals surface area contributed by atoms with Crippen molar-refractivity contribution in [1.29, 1.82) is 0 Å². The summed E-state index contributed by atoms with van der Waals surface area (Å²) in [5, 5.41) is 4.44. The van der Waals surface area contributed by atoms with Gasteiger partial charge in [0.05, 0.1) is 11.7 Å². The van der Waals surface area contributed by atoms with Crippen LogP contribution in [0, 0.1) is 12.8 Å². The summed E-state index contributed by atoms with van der Waals surface area (Å²) in [5.41, 5.74) is 2.33. The van der Waals surface area contributed by atoms with Crippen molar-refractivity contribution in [2.45, 2.75) is 26.8 Å². The standard InChI is InChI=1S/C13H17BrN2S/c1-8(2)11-7-17-13(16-11)15-10-6-4-5-9(3)12(10)14/h4-6,8,11H,7H2,1-3H3,(H,15,16). The van der Waals surface area contributed by atoms with Gasteiger partial charge in [0.2, 0.25) is 0 Å². The van der Waals surface area contributed by atoms with Crippen LogP contribution in [0.4, 0.5) is 5.69 Å². The summed E-state index contributed by atoms with van der Waals surface area (Å²) in [4.78, 5) is 4.70. The average molecular weight is 313 g/mol. The summed E-state index contributed by atoms with van der Waals surface area (Å²) in [6.45, 7) is 6.54. The molecule has 1 aromatic carbocycles. The van der Waals surface area contributed by atoms with Crippen LogP contribution in [0.25, 0.3) is 0 Å². The monoisotopic (exact) mass is 312 g/mol. The first-order valence-corrected chi connectivity index (χ1v) is 7.58. The number of rotatable bonds is 2. The molecule has 0 aromatic heterocycles. The van der Waals surface area contributed by atoms with Crippen LogP contribution in [0.3, 0.4) is 0 Å². The second kappa shape index (κ2) is 5.44. The highest BCUT2D eigenvalue weighted by Gasteiger charge is 2.21. The number of amidine groups is 1. The number of anilines is 1. The molecule has 2 rings (SSSR count). The number of aliphatic imine (C=N–C) groups is 1. The zero-order chi connectivity index (χ0) is 12.4. The predicted molar refractivity (Wildman–Crippen MR) is 81.0 cm³/mol. The summed E-state index contributed by atoms with van der Waals surface area (Å²) in [7, 11) is 0. The lowest BCUT2D eigenvalue weighted by atomic mass is 10.1. The topological polar surface area (TPSA) is 24.4 Å². The Kier molecular flexibility index (Phi) is 4.15. The Morgan fingerprint density at radius 1 is 1.47 bits per heavy atom. The molecule has 0 spiro atoms. The summed E-state index contributed by atoms with van der Waals surface area (Å²) in [6.07, 6.45) is 0. The molecule has 1 aliphatic heterocycles. The van der Waals surface area contributed by atoms with Gasteiger partial charge in [0.1, 0.15) is 0 Å². The number of hydrogen-bond acceptors (Lipinski definition) is 3. The molecule has 0 amide bonds. The average Bonchev–Trinajstić information content (AvgIpc) is 2.73. The number of benzene rings is 1. The minimum Gasteiger partial charge on any atom is -0.334 e. The highest BCUT2D eigenvalue weighted by atomic mass is 79.9. The van der Waals surface area contributed by atoms with Gasteiger partial charge in [0.25, 0.3) is 0 Å². The van der Waals surface area contributed by atoms with Crippen molar-refractivity contribution in [1.82, 2.24) is 0 Å². The van der Waals surface area contributed by atoms with E-state index >= 15 is 0 Å². The Balaban J connectivity index is 2.12. The summed E-state index contributed by atoms with van der Waals surface area (Å²) >= 11 is 5.41. The molecule has 1 aromatic rings. The molecule has 92 valence electrons. The second-order valence-corrected chi connectivity index (χ2v) is 6.42. The van der Waals surface area contributed by atoms with Crippen molar-refractivity contribution in [2.75, 3.05) is 11.1 Å². The third kappa shape index (κ3) is 3.05. The van der Waals surface area contributed by atoms with E-state index in [1.54, 1.807) is 11.8 Å². The molecule has 0 fully saturated rings. The van der Waals surface area contributed by atoms with Gasteiger partial charge in [-0.2, -0.15) is 0 Å². The molecule has 4 heteroatoms. The summed E-state index contributed by atoms with van der Waals surface area (Å²) in [6, 6.07) is 6.67. The summed E-state index contributed by atoms with van der Waals surface area (Å²) in [5.74, 6) is 1.70. The Morgan fingerprint density at radius 3 is 2.88 bits per heavy atom. The fourth-order valence-electron chi connectivity index (χ4n) is 1.66. The van der Waals surface area contributed by atoms with Crippen LogP contribution in [0.5, 0.6) is 0 Å². The number of nitrogens with zero attached hydrogens (tertiary/aromatic N) is 1. The van der Waals surface area contributed by atoms with Gasteiger partial charge in [-0.1, -0.05) is 37.7 Å². The minimum absolute atomic E-state index is 0.450. The van der Waals surface area contributed by atoms with Gasteiger partial charge < -0.3 is 5.32 Å². The van der Waals surface area contributed by atoms with Crippen molar-refractivity contribution >= 4 is 38.5 Å². The van der Waals surface area contributed by atoms with Crippen molar-refractivity contribution in [3.63, 3.8) is 0 Å². The number of halogens is 1. The highest BCUT2D eigenvalue weighted by molar-refractivity contribution is 9.10. The molecule has 1 heterocycles. The first-order valence-electron chi connectivity index (χ1n) is 5.80. The number of hydrogen-bond donors (Lipinski definition) is 1. The minimum atomic E-state index is 0.450. The number of aryl methyl sites for hydroxylation is 1. The first kappa shape index (κ1) is 13.0. The first-order chi connectivity index (χ1) is 8.08. The molecule has 0 bridgehead atoms. The lowest BCUT2D eigenvalue weighted by Gasteiger charge is -2.09. The zero-order valence-corrected chi connectivity index (χ0v) is 12.7. The van der Waals surface area contributed by atoms with Gasteiger partial charge in [-0.3, -0.25) is 4.99 Å². The van der Waals surface area contributed by atoms with Crippen LogP contribution in [0.15, 0.2) is 27.7 Å². The van der Waals surface area contributed by atoms with Crippen molar-refractivity contribution in [3.05, 3.63) is 28.2 Å². The highest BCUT2D eigenvalue weighted by Crippen LogP contribution is 2.29. The van der Waals surface area contributed by atoms with E-state index in [4.69, 9.17) is 4.99 Å². The van der Waals surface area contributed by atoms with E-state index in [2.05, 4.69) is 60.2 Å². The summed E-state index contributed by atoms with van der Waals surface area (Å²) < 4.78 is 1.12. The molecule has 0 saturated heterocycles. The molecule has 2 nitrogen and oxygen atoms in total. The van der Waals surface area contributed by atoms with Crippen LogP contribution in [-0.4, -0.2) is 17.0 Å². The third-order valence-corrected chi connectivity index (χ3v) is 4.92. The van der Waals surface area contributed by atoms with E-state index in [1.165, 1.54) is 5.56 Å². The van der Waals surface area contributed by atoms with E-state index < -0.39 is 0 Å². The smallest absolute Gasteiger partial charge is 0.161 e. The lowest BCUT2D eigenvalue weighted by molar-refractivity contribution is 0.543. The van der Waals surface area contributed by atoms with E-state index in [0.29, 0.717) is 12.0 Å². The maximum absolute atomic E-state index is 4.70. The second-order valence-electron chi connectivity index (χ2n) is 4.62. The molecule has 1 atom stereocenters. The molecule has 0 saturated carbocycles. The molecule has 1 N–H and O–H groups in total. The normalized spacial score (nSPS) is 19.6. The molecule has 1 aliphatic rings. The van der Waals surface area contributed by atoms with Crippen LogP contribution in [-0.2, 0) is 0 Å². The Hall–Kier alpha value is -0.480. The Morgan fingerprint density at radius 2 is 2.24 bits per heavy atom. The maximum atomic E-state index is 4.70. The maximum Gasteiger partial charge on any atom is 0.161 e. The molecular formula is C13H17BrN2S. The van der Waals surface area contributed by atoms with Gasteiger partial charge in [0, 0.05) is 10.2 Å².